The van der Waals surface area contributed by atoms with Crippen LogP contribution in [0.2, 0.25) is 0 Å². The van der Waals surface area contributed by atoms with Crippen molar-refractivity contribution in [3.05, 3.63) is 18.0 Å². The fraction of sp³-hybridized carbons (Fsp3) is 0.615. The van der Waals surface area contributed by atoms with Gasteiger partial charge < -0.3 is 10.4 Å². The number of aryl methyl sites for hydroxylation is 1. The number of carboxylic acids is 1. The van der Waals surface area contributed by atoms with Crippen LogP contribution in [0, 0.1) is 18.8 Å². The van der Waals surface area contributed by atoms with E-state index in [0.29, 0.717) is 11.9 Å². The molecule has 0 atom stereocenters. The number of hydrogen-bond donors (Lipinski definition) is 2. The molecule has 0 amide bonds. The van der Waals surface area contributed by atoms with Gasteiger partial charge in [0.25, 0.3) is 0 Å². The Labute approximate surface area is 107 Å². The van der Waals surface area contributed by atoms with Crippen molar-refractivity contribution in [1.82, 2.24) is 9.97 Å². The van der Waals surface area contributed by atoms with Crippen LogP contribution < -0.4 is 5.32 Å². The average Bonchev–Trinajstić information content (AvgIpc) is 2.37. The van der Waals surface area contributed by atoms with Crippen molar-refractivity contribution in [3.8, 4) is 0 Å². The van der Waals surface area contributed by atoms with Crippen LogP contribution in [0.1, 0.15) is 31.4 Å². The van der Waals surface area contributed by atoms with Gasteiger partial charge in [-0.1, -0.05) is 0 Å². The smallest absolute Gasteiger partial charge is 0.306 e. The number of aromatic nitrogens is 2. The lowest BCUT2D eigenvalue weighted by molar-refractivity contribution is -0.143. The molecule has 0 radical (unpaired) electrons. The quantitative estimate of drug-likeness (QED) is 0.854. The molecular formula is C13H19N3O2. The molecule has 0 bridgehead atoms. The van der Waals surface area contributed by atoms with Gasteiger partial charge in [-0.2, -0.15) is 0 Å². The third-order valence-electron chi connectivity index (χ3n) is 3.54. The van der Waals surface area contributed by atoms with Crippen molar-refractivity contribution in [2.45, 2.75) is 32.6 Å². The lowest BCUT2D eigenvalue weighted by atomic mass is 9.82. The Morgan fingerprint density at radius 3 is 2.78 bits per heavy atom. The van der Waals surface area contributed by atoms with Crippen LogP contribution in [0.15, 0.2) is 12.3 Å². The molecule has 1 heterocycles. The van der Waals surface area contributed by atoms with Gasteiger partial charge >= 0.3 is 5.97 Å². The fourth-order valence-corrected chi connectivity index (χ4v) is 2.38. The van der Waals surface area contributed by atoms with E-state index in [0.717, 1.165) is 37.9 Å². The number of hydrogen-bond acceptors (Lipinski definition) is 4. The second-order valence-corrected chi connectivity index (χ2v) is 4.96. The van der Waals surface area contributed by atoms with Gasteiger partial charge in [0.15, 0.2) is 0 Å². The van der Waals surface area contributed by atoms with Crippen molar-refractivity contribution in [3.63, 3.8) is 0 Å². The second kappa shape index (κ2) is 5.80. The summed E-state index contributed by atoms with van der Waals surface area (Å²) in [5.41, 5.74) is 0.946. The highest BCUT2D eigenvalue weighted by Crippen LogP contribution is 2.28. The summed E-state index contributed by atoms with van der Waals surface area (Å²) in [5.74, 6) is 0.403. The van der Waals surface area contributed by atoms with Crippen LogP contribution in [0.3, 0.4) is 0 Å². The Morgan fingerprint density at radius 2 is 2.17 bits per heavy atom. The maximum atomic E-state index is 10.8. The molecule has 1 aliphatic carbocycles. The number of carboxylic acid groups (broad SMARTS) is 1. The van der Waals surface area contributed by atoms with Gasteiger partial charge in [0.2, 0.25) is 5.95 Å². The Bertz CT molecular complexity index is 414. The SMILES string of the molecule is Cc1ccnc(NCC2CCC(C(=O)O)CC2)n1. The van der Waals surface area contributed by atoms with E-state index in [2.05, 4.69) is 15.3 Å². The molecule has 98 valence electrons. The van der Waals surface area contributed by atoms with E-state index in [-0.39, 0.29) is 5.92 Å². The molecule has 0 saturated heterocycles. The number of rotatable bonds is 4. The van der Waals surface area contributed by atoms with Crippen molar-refractivity contribution in [2.24, 2.45) is 11.8 Å². The Balaban J connectivity index is 1.77. The number of nitrogens with zero attached hydrogens (tertiary/aromatic N) is 2. The Hall–Kier alpha value is -1.65. The summed E-state index contributed by atoms with van der Waals surface area (Å²) >= 11 is 0. The molecule has 0 unspecified atom stereocenters. The molecule has 0 aliphatic heterocycles. The molecule has 1 aromatic heterocycles. The predicted octanol–water partition coefficient (Wildman–Crippen LogP) is 2.09. The molecule has 1 saturated carbocycles. The highest BCUT2D eigenvalue weighted by molar-refractivity contribution is 5.69. The summed E-state index contributed by atoms with van der Waals surface area (Å²) in [4.78, 5) is 19.3. The van der Waals surface area contributed by atoms with Crippen LogP contribution in [-0.2, 0) is 4.79 Å². The highest BCUT2D eigenvalue weighted by Gasteiger charge is 2.25. The molecule has 18 heavy (non-hydrogen) atoms. The van der Waals surface area contributed by atoms with Crippen LogP contribution >= 0.6 is 0 Å². The van der Waals surface area contributed by atoms with Gasteiger partial charge in [-0.25, -0.2) is 9.97 Å². The molecule has 5 heteroatoms. The van der Waals surface area contributed by atoms with E-state index in [1.165, 1.54) is 0 Å². The molecule has 2 N–H and O–H groups in total. The van der Waals surface area contributed by atoms with Gasteiger partial charge in [0.1, 0.15) is 0 Å². The third-order valence-corrected chi connectivity index (χ3v) is 3.54. The average molecular weight is 249 g/mol. The van der Waals surface area contributed by atoms with Crippen LogP contribution in [0.4, 0.5) is 5.95 Å². The molecular weight excluding hydrogens is 230 g/mol. The summed E-state index contributed by atoms with van der Waals surface area (Å²) < 4.78 is 0. The molecule has 0 spiro atoms. The summed E-state index contributed by atoms with van der Waals surface area (Å²) in [6, 6.07) is 1.86. The summed E-state index contributed by atoms with van der Waals surface area (Å²) in [7, 11) is 0. The maximum Gasteiger partial charge on any atom is 0.306 e. The van der Waals surface area contributed by atoms with E-state index in [1.54, 1.807) is 6.20 Å². The zero-order valence-electron chi connectivity index (χ0n) is 10.6. The first-order chi connectivity index (χ1) is 8.65. The van der Waals surface area contributed by atoms with E-state index >= 15 is 0 Å². The van der Waals surface area contributed by atoms with Gasteiger partial charge in [0.05, 0.1) is 5.92 Å². The maximum absolute atomic E-state index is 10.8. The monoisotopic (exact) mass is 249 g/mol. The molecule has 0 aromatic carbocycles. The van der Waals surface area contributed by atoms with Crippen molar-refractivity contribution >= 4 is 11.9 Å². The largest absolute Gasteiger partial charge is 0.481 e. The highest BCUT2D eigenvalue weighted by atomic mass is 16.4. The molecule has 1 aromatic rings. The van der Waals surface area contributed by atoms with Crippen molar-refractivity contribution in [1.29, 1.82) is 0 Å². The minimum absolute atomic E-state index is 0.142. The first-order valence-electron chi connectivity index (χ1n) is 6.41. The summed E-state index contributed by atoms with van der Waals surface area (Å²) in [6.07, 6.45) is 5.25. The predicted molar refractivity (Wildman–Crippen MR) is 68.3 cm³/mol. The Kier molecular flexibility index (Phi) is 4.12. The number of carbonyl (C=O) groups is 1. The number of nitrogens with one attached hydrogen (secondary N) is 1. The lowest BCUT2D eigenvalue weighted by Gasteiger charge is -2.26. The van der Waals surface area contributed by atoms with E-state index in [4.69, 9.17) is 5.11 Å². The first-order valence-corrected chi connectivity index (χ1v) is 6.41. The summed E-state index contributed by atoms with van der Waals surface area (Å²) in [5, 5.41) is 12.2. The standard InChI is InChI=1S/C13H19N3O2/c1-9-6-7-14-13(16-9)15-8-10-2-4-11(5-3-10)12(17)18/h6-7,10-11H,2-5,8H2,1H3,(H,17,18)(H,14,15,16). The number of anilines is 1. The molecule has 1 aliphatic rings. The van der Waals surface area contributed by atoms with Crippen molar-refractivity contribution in [2.75, 3.05) is 11.9 Å². The molecule has 5 nitrogen and oxygen atoms in total. The van der Waals surface area contributed by atoms with Crippen LogP contribution in [0.5, 0.6) is 0 Å². The van der Waals surface area contributed by atoms with Gasteiger partial charge in [-0.05, 0) is 44.6 Å². The molecule has 2 rings (SSSR count). The van der Waals surface area contributed by atoms with Crippen LogP contribution in [0.25, 0.3) is 0 Å². The minimum atomic E-state index is -0.650. The normalized spacial score (nSPS) is 23.6. The summed E-state index contributed by atoms with van der Waals surface area (Å²) in [6.45, 7) is 2.76. The zero-order chi connectivity index (χ0) is 13.0. The van der Waals surface area contributed by atoms with Crippen molar-refractivity contribution < 1.29 is 9.90 Å². The minimum Gasteiger partial charge on any atom is -0.481 e. The fourth-order valence-electron chi connectivity index (χ4n) is 2.38. The third kappa shape index (κ3) is 3.42. The number of aliphatic carboxylic acids is 1. The second-order valence-electron chi connectivity index (χ2n) is 4.96. The Morgan fingerprint density at radius 1 is 1.44 bits per heavy atom. The van der Waals surface area contributed by atoms with Gasteiger partial charge in [-0.15, -0.1) is 0 Å². The van der Waals surface area contributed by atoms with E-state index in [1.807, 2.05) is 13.0 Å². The van der Waals surface area contributed by atoms with Crippen LogP contribution in [-0.4, -0.2) is 27.6 Å². The van der Waals surface area contributed by atoms with Gasteiger partial charge in [-0.3, -0.25) is 4.79 Å². The van der Waals surface area contributed by atoms with E-state index in [9.17, 15) is 4.79 Å². The molecule has 1 fully saturated rings. The topological polar surface area (TPSA) is 75.1 Å². The zero-order valence-corrected chi connectivity index (χ0v) is 10.6. The first kappa shape index (κ1) is 12.8. The van der Waals surface area contributed by atoms with E-state index < -0.39 is 5.97 Å². The lowest BCUT2D eigenvalue weighted by Crippen LogP contribution is -2.25. The van der Waals surface area contributed by atoms with Gasteiger partial charge in [0, 0.05) is 18.4 Å².